The molecule has 2 aliphatic heterocycles. The Kier molecular flexibility index (Phi) is 8.44. The Balaban J connectivity index is 1.63. The molecule has 0 radical (unpaired) electrons. The number of morpholine rings is 1. The maximum Gasteiger partial charge on any atom is 0.295 e. The van der Waals surface area contributed by atoms with Crippen molar-refractivity contribution in [2.75, 3.05) is 46.0 Å². The molecule has 4 rings (SSSR count). The molecule has 1 amide bonds. The van der Waals surface area contributed by atoms with Crippen molar-refractivity contribution in [2.24, 2.45) is 5.92 Å². The average molecular weight is 493 g/mol. The first-order valence-corrected chi connectivity index (χ1v) is 12.7. The van der Waals surface area contributed by atoms with Crippen molar-refractivity contribution in [3.63, 3.8) is 0 Å². The summed E-state index contributed by atoms with van der Waals surface area (Å²) < 4.78 is 11.3. The van der Waals surface area contributed by atoms with Crippen molar-refractivity contribution in [3.8, 4) is 5.75 Å². The number of hydrogen-bond donors (Lipinski definition) is 1. The molecule has 2 fully saturated rings. The lowest BCUT2D eigenvalue weighted by Crippen LogP contribution is -2.38. The Morgan fingerprint density at radius 2 is 1.81 bits per heavy atom. The molecule has 0 aromatic heterocycles. The number of hydrogen-bond acceptors (Lipinski definition) is 6. The summed E-state index contributed by atoms with van der Waals surface area (Å²) in [5.41, 5.74) is 2.29. The second kappa shape index (κ2) is 11.7. The van der Waals surface area contributed by atoms with Crippen molar-refractivity contribution in [2.45, 2.75) is 33.2 Å². The standard InChI is InChI=1S/C29H36N2O5/c1-20(2)19-36-24-11-10-23(18-21(24)3)27(32)25-26(22-8-5-4-6-9-22)31(29(34)28(25)33)13-7-12-30-14-16-35-17-15-30/h4-6,8-11,18,20,26,32H,7,12-17,19H2,1-3H3/b27-25+. The third-order valence-corrected chi connectivity index (χ3v) is 6.65. The lowest BCUT2D eigenvalue weighted by Gasteiger charge is -2.29. The summed E-state index contributed by atoms with van der Waals surface area (Å²) in [4.78, 5) is 30.3. The van der Waals surface area contributed by atoms with Crippen LogP contribution in [0.4, 0.5) is 0 Å². The van der Waals surface area contributed by atoms with Gasteiger partial charge in [-0.15, -0.1) is 0 Å². The summed E-state index contributed by atoms with van der Waals surface area (Å²) in [6, 6.07) is 14.2. The Hall–Kier alpha value is -3.16. The van der Waals surface area contributed by atoms with Gasteiger partial charge < -0.3 is 19.5 Å². The molecule has 1 atom stereocenters. The fourth-order valence-corrected chi connectivity index (χ4v) is 4.75. The van der Waals surface area contributed by atoms with E-state index in [9.17, 15) is 14.7 Å². The second-order valence-corrected chi connectivity index (χ2v) is 9.90. The Morgan fingerprint density at radius 3 is 2.47 bits per heavy atom. The van der Waals surface area contributed by atoms with E-state index < -0.39 is 17.7 Å². The molecular formula is C29H36N2O5. The number of benzene rings is 2. The average Bonchev–Trinajstić information content (AvgIpc) is 3.13. The third-order valence-electron chi connectivity index (χ3n) is 6.65. The first-order valence-electron chi connectivity index (χ1n) is 12.7. The van der Waals surface area contributed by atoms with Gasteiger partial charge in [0.05, 0.1) is 31.4 Å². The van der Waals surface area contributed by atoms with Crippen molar-refractivity contribution < 1.29 is 24.2 Å². The summed E-state index contributed by atoms with van der Waals surface area (Å²) >= 11 is 0. The number of rotatable bonds is 9. The number of aliphatic hydroxyl groups is 1. The molecule has 2 aromatic rings. The monoisotopic (exact) mass is 492 g/mol. The number of carbonyl (C=O) groups is 2. The minimum Gasteiger partial charge on any atom is -0.507 e. The van der Waals surface area contributed by atoms with Gasteiger partial charge in [-0.3, -0.25) is 14.5 Å². The third kappa shape index (κ3) is 5.79. The van der Waals surface area contributed by atoms with Crippen LogP contribution in [0.1, 0.15) is 43.0 Å². The Labute approximate surface area is 213 Å². The smallest absolute Gasteiger partial charge is 0.295 e. The molecule has 0 bridgehead atoms. The van der Waals surface area contributed by atoms with Crippen LogP contribution in [0.5, 0.6) is 5.75 Å². The van der Waals surface area contributed by atoms with E-state index in [0.717, 1.165) is 56.1 Å². The van der Waals surface area contributed by atoms with E-state index >= 15 is 0 Å². The number of Topliss-reactive ketones (excluding diaryl/α,β-unsaturated/α-hetero) is 1. The van der Waals surface area contributed by atoms with Crippen LogP contribution in [0.15, 0.2) is 54.1 Å². The van der Waals surface area contributed by atoms with E-state index in [0.29, 0.717) is 24.6 Å². The fourth-order valence-electron chi connectivity index (χ4n) is 4.75. The number of likely N-dealkylation sites (tertiary alicyclic amines) is 1. The zero-order valence-corrected chi connectivity index (χ0v) is 21.4. The first kappa shape index (κ1) is 25.9. The quantitative estimate of drug-likeness (QED) is 0.322. The van der Waals surface area contributed by atoms with Crippen molar-refractivity contribution in [1.29, 1.82) is 0 Å². The predicted octanol–water partition coefficient (Wildman–Crippen LogP) is 4.17. The van der Waals surface area contributed by atoms with E-state index in [-0.39, 0.29) is 11.3 Å². The molecule has 2 aliphatic rings. The van der Waals surface area contributed by atoms with E-state index in [1.807, 2.05) is 43.3 Å². The topological polar surface area (TPSA) is 79.3 Å². The SMILES string of the molecule is Cc1cc(/C(O)=C2\C(=O)C(=O)N(CCCN3CCOCC3)C2c2ccccc2)ccc1OCC(C)C. The zero-order chi connectivity index (χ0) is 25.7. The molecule has 0 saturated carbocycles. The minimum absolute atomic E-state index is 0.132. The number of aryl methyl sites for hydroxylation is 1. The first-order chi connectivity index (χ1) is 17.4. The van der Waals surface area contributed by atoms with Crippen LogP contribution in [-0.4, -0.2) is 72.6 Å². The molecule has 0 spiro atoms. The van der Waals surface area contributed by atoms with Gasteiger partial charge in [-0.2, -0.15) is 0 Å². The predicted molar refractivity (Wildman–Crippen MR) is 139 cm³/mol. The molecule has 36 heavy (non-hydrogen) atoms. The zero-order valence-electron chi connectivity index (χ0n) is 21.4. The maximum absolute atomic E-state index is 13.2. The fraction of sp³-hybridized carbons (Fsp3) is 0.448. The lowest BCUT2D eigenvalue weighted by atomic mass is 9.94. The number of carbonyl (C=O) groups excluding carboxylic acids is 2. The molecule has 0 aliphatic carbocycles. The van der Waals surface area contributed by atoms with Gasteiger partial charge in [0, 0.05) is 31.7 Å². The highest BCUT2D eigenvalue weighted by Gasteiger charge is 2.45. The molecule has 1 N–H and O–H groups in total. The van der Waals surface area contributed by atoms with Crippen LogP contribution in [0.2, 0.25) is 0 Å². The van der Waals surface area contributed by atoms with E-state index in [4.69, 9.17) is 9.47 Å². The molecular weight excluding hydrogens is 456 g/mol. The van der Waals surface area contributed by atoms with Crippen molar-refractivity contribution in [1.82, 2.24) is 9.80 Å². The minimum atomic E-state index is -0.648. The van der Waals surface area contributed by atoms with Gasteiger partial charge in [-0.1, -0.05) is 44.2 Å². The van der Waals surface area contributed by atoms with E-state index in [1.54, 1.807) is 17.0 Å². The number of aliphatic hydroxyl groups excluding tert-OH is 1. The van der Waals surface area contributed by atoms with E-state index in [2.05, 4.69) is 18.7 Å². The molecule has 2 saturated heterocycles. The second-order valence-electron chi connectivity index (χ2n) is 9.90. The van der Waals surface area contributed by atoms with E-state index in [1.165, 1.54) is 0 Å². The van der Waals surface area contributed by atoms with Gasteiger partial charge in [-0.05, 0) is 48.6 Å². The van der Waals surface area contributed by atoms with Crippen LogP contribution in [0.25, 0.3) is 5.76 Å². The van der Waals surface area contributed by atoms with Crippen LogP contribution in [-0.2, 0) is 14.3 Å². The lowest BCUT2D eigenvalue weighted by molar-refractivity contribution is -0.140. The summed E-state index contributed by atoms with van der Waals surface area (Å²) in [6.07, 6.45) is 0.734. The van der Waals surface area contributed by atoms with Gasteiger partial charge >= 0.3 is 0 Å². The molecule has 1 unspecified atom stereocenters. The number of nitrogens with zero attached hydrogens (tertiary/aromatic N) is 2. The van der Waals surface area contributed by atoms with Crippen LogP contribution in [0.3, 0.4) is 0 Å². The molecule has 7 heteroatoms. The van der Waals surface area contributed by atoms with Gasteiger partial charge in [0.15, 0.2) is 0 Å². The molecule has 2 heterocycles. The maximum atomic E-state index is 13.2. The molecule has 2 aromatic carbocycles. The number of ether oxygens (including phenoxy) is 2. The summed E-state index contributed by atoms with van der Waals surface area (Å²) in [6.45, 7) is 11.1. The van der Waals surface area contributed by atoms with Gasteiger partial charge in [0.2, 0.25) is 0 Å². The summed E-state index contributed by atoms with van der Waals surface area (Å²) in [5.74, 6) is -0.242. The van der Waals surface area contributed by atoms with Gasteiger partial charge in [0.1, 0.15) is 11.5 Å². The van der Waals surface area contributed by atoms with Gasteiger partial charge in [0.25, 0.3) is 11.7 Å². The van der Waals surface area contributed by atoms with Gasteiger partial charge in [-0.25, -0.2) is 0 Å². The number of amides is 1. The van der Waals surface area contributed by atoms with Crippen LogP contribution in [0, 0.1) is 12.8 Å². The Bertz CT molecular complexity index is 1110. The van der Waals surface area contributed by atoms with Crippen molar-refractivity contribution >= 4 is 17.4 Å². The molecule has 192 valence electrons. The highest BCUT2D eigenvalue weighted by atomic mass is 16.5. The van der Waals surface area contributed by atoms with Crippen LogP contribution >= 0.6 is 0 Å². The Morgan fingerprint density at radius 1 is 1.08 bits per heavy atom. The highest BCUT2D eigenvalue weighted by Crippen LogP contribution is 2.39. The largest absolute Gasteiger partial charge is 0.507 e. The highest BCUT2D eigenvalue weighted by molar-refractivity contribution is 6.46. The molecule has 7 nitrogen and oxygen atoms in total. The summed E-state index contributed by atoms with van der Waals surface area (Å²) in [5, 5.41) is 11.3. The van der Waals surface area contributed by atoms with Crippen LogP contribution < -0.4 is 4.74 Å². The summed E-state index contributed by atoms with van der Waals surface area (Å²) in [7, 11) is 0. The normalized spacial score (nSPS) is 20.3. The number of ketones is 1. The van der Waals surface area contributed by atoms with Crippen molar-refractivity contribution in [3.05, 3.63) is 70.8 Å².